The molecule has 0 radical (unpaired) electrons. The predicted octanol–water partition coefficient (Wildman–Crippen LogP) is 1.89. The van der Waals surface area contributed by atoms with Crippen molar-refractivity contribution in [1.29, 1.82) is 0 Å². The van der Waals surface area contributed by atoms with Crippen molar-refractivity contribution in [2.45, 2.75) is 6.04 Å². The second-order valence-electron chi connectivity index (χ2n) is 7.61. The smallest absolute Gasteiger partial charge is 0.341 e. The Labute approximate surface area is 167 Å². The Hall–Kier alpha value is -3.40. The number of nitrogens with zero attached hydrogens (tertiary/aromatic N) is 3. The molecular formula is C20H15F3N4O3. The molecule has 2 unspecified atom stereocenters. The van der Waals surface area contributed by atoms with E-state index in [0.717, 1.165) is 22.9 Å². The number of fused-ring (bicyclic) bond motifs is 2. The van der Waals surface area contributed by atoms with Gasteiger partial charge in [0.15, 0.2) is 11.6 Å². The number of carbonyl (C=O) groups is 1. The zero-order valence-corrected chi connectivity index (χ0v) is 15.3. The zero-order chi connectivity index (χ0) is 21.3. The van der Waals surface area contributed by atoms with Crippen LogP contribution < -0.4 is 16.1 Å². The topological polar surface area (TPSA) is 101 Å². The van der Waals surface area contributed by atoms with Crippen LogP contribution in [0.4, 0.5) is 19.0 Å². The van der Waals surface area contributed by atoms with Gasteiger partial charge in [-0.3, -0.25) is 4.79 Å². The lowest BCUT2D eigenvalue weighted by atomic mass is 10.1. The number of rotatable bonds is 3. The number of piperidine rings is 1. The Kier molecular flexibility index (Phi) is 3.91. The van der Waals surface area contributed by atoms with E-state index in [0.29, 0.717) is 19.2 Å². The average molecular weight is 416 g/mol. The molecule has 7 nitrogen and oxygen atoms in total. The van der Waals surface area contributed by atoms with E-state index in [1.807, 2.05) is 0 Å². The Morgan fingerprint density at radius 3 is 2.53 bits per heavy atom. The molecule has 0 amide bonds. The van der Waals surface area contributed by atoms with Crippen LogP contribution in [0.3, 0.4) is 0 Å². The van der Waals surface area contributed by atoms with Gasteiger partial charge in [0.25, 0.3) is 0 Å². The number of hydrogen-bond acceptors (Lipinski definition) is 5. The van der Waals surface area contributed by atoms with Gasteiger partial charge >= 0.3 is 5.97 Å². The largest absolute Gasteiger partial charge is 0.477 e. The molecule has 2 aliphatic rings. The van der Waals surface area contributed by atoms with Gasteiger partial charge in [-0.1, -0.05) is 0 Å². The molecule has 1 saturated carbocycles. The van der Waals surface area contributed by atoms with Gasteiger partial charge in [0, 0.05) is 31.4 Å². The molecule has 1 aliphatic heterocycles. The first-order valence-corrected chi connectivity index (χ1v) is 9.21. The third-order valence-electron chi connectivity index (χ3n) is 5.93. The lowest BCUT2D eigenvalue weighted by molar-refractivity contribution is 0.0695. The van der Waals surface area contributed by atoms with Gasteiger partial charge in [0.05, 0.1) is 22.8 Å². The van der Waals surface area contributed by atoms with Crippen LogP contribution in [0.25, 0.3) is 16.6 Å². The second-order valence-corrected chi connectivity index (χ2v) is 7.61. The number of benzene rings is 1. The van der Waals surface area contributed by atoms with Crippen LogP contribution in [0.2, 0.25) is 0 Å². The van der Waals surface area contributed by atoms with Crippen molar-refractivity contribution in [1.82, 2.24) is 9.55 Å². The van der Waals surface area contributed by atoms with Crippen LogP contribution in [-0.2, 0) is 0 Å². The third-order valence-corrected chi connectivity index (χ3v) is 5.93. The van der Waals surface area contributed by atoms with Crippen molar-refractivity contribution in [2.75, 3.05) is 18.0 Å². The molecule has 3 heterocycles. The van der Waals surface area contributed by atoms with E-state index in [1.165, 1.54) is 6.20 Å². The summed E-state index contributed by atoms with van der Waals surface area (Å²) in [6, 6.07) is 2.72. The van der Waals surface area contributed by atoms with Crippen LogP contribution in [-0.4, -0.2) is 39.8 Å². The van der Waals surface area contributed by atoms with Crippen LogP contribution in [0, 0.1) is 29.3 Å². The van der Waals surface area contributed by atoms with Crippen LogP contribution >= 0.6 is 0 Å². The monoisotopic (exact) mass is 416 g/mol. The van der Waals surface area contributed by atoms with E-state index < -0.39 is 39.8 Å². The molecular weight excluding hydrogens is 401 g/mol. The number of nitrogens with two attached hydrogens (primary N) is 1. The maximum absolute atomic E-state index is 15.4. The highest BCUT2D eigenvalue weighted by Crippen LogP contribution is 2.45. The fourth-order valence-corrected chi connectivity index (χ4v) is 4.25. The van der Waals surface area contributed by atoms with Gasteiger partial charge < -0.3 is 20.3 Å². The molecule has 2 aromatic heterocycles. The summed E-state index contributed by atoms with van der Waals surface area (Å²) >= 11 is 0. The quantitative estimate of drug-likeness (QED) is 0.676. The molecule has 2 atom stereocenters. The summed E-state index contributed by atoms with van der Waals surface area (Å²) in [5.41, 5.74) is 3.75. The first-order valence-electron chi connectivity index (χ1n) is 9.21. The maximum atomic E-state index is 15.4. The lowest BCUT2D eigenvalue weighted by Gasteiger charge is -2.22. The average Bonchev–Trinajstić information content (AvgIpc) is 3.10. The Balaban J connectivity index is 1.75. The van der Waals surface area contributed by atoms with Crippen LogP contribution in [0.5, 0.6) is 0 Å². The predicted molar refractivity (Wildman–Crippen MR) is 101 cm³/mol. The highest BCUT2D eigenvalue weighted by atomic mass is 19.1. The third kappa shape index (κ3) is 2.60. The number of halogens is 3. The van der Waals surface area contributed by atoms with Gasteiger partial charge in [0.2, 0.25) is 5.43 Å². The van der Waals surface area contributed by atoms with Crippen LogP contribution in [0.1, 0.15) is 10.4 Å². The van der Waals surface area contributed by atoms with Crippen molar-refractivity contribution in [3.63, 3.8) is 0 Å². The Morgan fingerprint density at radius 2 is 1.90 bits per heavy atom. The number of anilines is 1. The first kappa shape index (κ1) is 18.6. The summed E-state index contributed by atoms with van der Waals surface area (Å²) in [7, 11) is 0. The van der Waals surface area contributed by atoms with Crippen molar-refractivity contribution in [2.24, 2.45) is 17.6 Å². The molecule has 30 heavy (non-hydrogen) atoms. The van der Waals surface area contributed by atoms with Crippen molar-refractivity contribution < 1.29 is 23.1 Å². The van der Waals surface area contributed by atoms with Crippen molar-refractivity contribution in [3.8, 4) is 5.69 Å². The van der Waals surface area contributed by atoms with Gasteiger partial charge in [-0.05, 0) is 24.0 Å². The number of aromatic nitrogens is 2. The highest BCUT2D eigenvalue weighted by Gasteiger charge is 2.54. The van der Waals surface area contributed by atoms with E-state index in [1.54, 1.807) is 4.90 Å². The van der Waals surface area contributed by atoms with Crippen LogP contribution in [0.15, 0.2) is 35.4 Å². The summed E-state index contributed by atoms with van der Waals surface area (Å²) in [5, 5.41) is 8.90. The van der Waals surface area contributed by atoms with E-state index in [4.69, 9.17) is 5.73 Å². The molecule has 1 saturated heterocycles. The molecule has 154 valence electrons. The summed E-state index contributed by atoms with van der Waals surface area (Å²) in [6.07, 6.45) is 2.07. The number of carboxylic acid groups (broad SMARTS) is 1. The number of carboxylic acids is 1. The van der Waals surface area contributed by atoms with Crippen molar-refractivity contribution >= 4 is 22.7 Å². The molecule has 5 rings (SSSR count). The maximum Gasteiger partial charge on any atom is 0.341 e. The summed E-state index contributed by atoms with van der Waals surface area (Å²) in [5.74, 6) is -4.02. The normalized spacial score (nSPS) is 22.4. The SMILES string of the molecule is NC1C2CN(c3ncc4c(c3F)c(=O)c(C(=O)O)cn4-c3ccc(F)cc3F)CC12. The van der Waals surface area contributed by atoms with Gasteiger partial charge in [0.1, 0.15) is 17.2 Å². The van der Waals surface area contributed by atoms with Gasteiger partial charge in [-0.15, -0.1) is 0 Å². The zero-order valence-electron chi connectivity index (χ0n) is 15.3. The van der Waals surface area contributed by atoms with E-state index in [9.17, 15) is 23.5 Å². The van der Waals surface area contributed by atoms with E-state index in [2.05, 4.69) is 4.98 Å². The molecule has 2 fully saturated rings. The highest BCUT2D eigenvalue weighted by molar-refractivity contribution is 5.94. The first-order chi connectivity index (χ1) is 14.3. The van der Waals surface area contributed by atoms with Gasteiger partial charge in [-0.25, -0.2) is 22.9 Å². The Bertz CT molecular complexity index is 1280. The minimum Gasteiger partial charge on any atom is -0.477 e. The number of aromatic carboxylic acids is 1. The summed E-state index contributed by atoms with van der Waals surface area (Å²) in [4.78, 5) is 30.1. The van der Waals surface area contributed by atoms with E-state index >= 15 is 4.39 Å². The molecule has 0 bridgehead atoms. The molecule has 3 aromatic rings. The fourth-order valence-electron chi connectivity index (χ4n) is 4.25. The number of hydrogen-bond donors (Lipinski definition) is 2. The minimum atomic E-state index is -1.59. The standard InChI is InChI=1S/C20H15F3N4O3/c21-8-1-2-13(12(22)3-8)27-7-11(20(29)30)18(28)15-14(27)4-25-19(16(15)23)26-5-9-10(6-26)17(9)24/h1-4,7,9-10,17H,5-6,24H2,(H,29,30). The fraction of sp³-hybridized carbons (Fsp3) is 0.250. The molecule has 3 N–H and O–H groups in total. The molecule has 1 aliphatic carbocycles. The van der Waals surface area contributed by atoms with E-state index in [-0.39, 0.29) is 34.9 Å². The number of pyridine rings is 2. The van der Waals surface area contributed by atoms with Crippen molar-refractivity contribution in [3.05, 3.63) is 63.8 Å². The second kappa shape index (κ2) is 6.30. The lowest BCUT2D eigenvalue weighted by Crippen LogP contribution is -2.30. The molecule has 10 heteroatoms. The summed E-state index contributed by atoms with van der Waals surface area (Å²) in [6.45, 7) is 0.974. The molecule has 1 aromatic carbocycles. The van der Waals surface area contributed by atoms with Gasteiger partial charge in [-0.2, -0.15) is 0 Å². The molecule has 0 spiro atoms. The minimum absolute atomic E-state index is 0.0714. The Morgan fingerprint density at radius 1 is 1.20 bits per heavy atom. The summed E-state index contributed by atoms with van der Waals surface area (Å²) < 4.78 is 44.1.